The van der Waals surface area contributed by atoms with Gasteiger partial charge < -0.3 is 9.80 Å². The first-order valence-electron chi connectivity index (χ1n) is 12.7. The van der Waals surface area contributed by atoms with Gasteiger partial charge in [0, 0.05) is 31.2 Å². The lowest BCUT2D eigenvalue weighted by Crippen LogP contribution is -2.52. The Balaban J connectivity index is 1.36. The van der Waals surface area contributed by atoms with Crippen molar-refractivity contribution in [2.45, 2.75) is 45.1 Å². The van der Waals surface area contributed by atoms with Crippen LogP contribution in [-0.4, -0.2) is 51.7 Å². The van der Waals surface area contributed by atoms with E-state index in [9.17, 15) is 18.4 Å². The van der Waals surface area contributed by atoms with Crippen LogP contribution in [0.15, 0.2) is 42.5 Å². The highest BCUT2D eigenvalue weighted by Crippen LogP contribution is 2.44. The minimum Gasteiger partial charge on any atom is -0.308 e. The first-order chi connectivity index (χ1) is 16.6. The highest BCUT2D eigenvalue weighted by molar-refractivity contribution is 8.15. The first-order valence-corrected chi connectivity index (χ1v) is 15.1. The molecule has 6 rings (SSSR count). The predicted molar refractivity (Wildman–Crippen MR) is 140 cm³/mol. The van der Waals surface area contributed by atoms with Crippen molar-refractivity contribution < 1.29 is 18.4 Å². The van der Waals surface area contributed by atoms with Gasteiger partial charge in [0.2, 0.25) is 11.8 Å². The largest absolute Gasteiger partial charge is 0.308 e. The third-order valence-electron chi connectivity index (χ3n) is 7.80. The average molecular weight is 496 g/mol. The normalized spacial score (nSPS) is 26.1. The smallest absolute Gasteiger partial charge is 0.230 e. The molecule has 1 N–H and O–H groups in total. The van der Waals surface area contributed by atoms with Crippen LogP contribution in [0.4, 0.5) is 17.1 Å². The molecule has 0 unspecified atom stereocenters. The van der Waals surface area contributed by atoms with E-state index in [0.717, 1.165) is 53.9 Å². The molecular weight excluding hydrogens is 462 g/mol. The second-order valence-electron chi connectivity index (χ2n) is 10.9. The van der Waals surface area contributed by atoms with Gasteiger partial charge in [-0.15, -0.1) is 9.53 Å². The molecular formula is C27H33N3O4S. The first kappa shape index (κ1) is 22.7. The molecule has 7 nitrogen and oxygen atoms in total. The van der Waals surface area contributed by atoms with Crippen LogP contribution >= 0.6 is 0 Å². The molecule has 2 saturated carbocycles. The average Bonchev–Trinajstić information content (AvgIpc) is 3.74. The van der Waals surface area contributed by atoms with Crippen molar-refractivity contribution in [2.75, 3.05) is 39.2 Å². The number of benzene rings is 2. The Hall–Kier alpha value is -2.71. The molecule has 2 aliphatic heterocycles. The zero-order valence-corrected chi connectivity index (χ0v) is 21.2. The zero-order chi connectivity index (χ0) is 24.6. The van der Waals surface area contributed by atoms with Crippen LogP contribution in [0.1, 0.15) is 39.0 Å². The summed E-state index contributed by atoms with van der Waals surface area (Å²) < 4.78 is 25.3. The van der Waals surface area contributed by atoms with Crippen molar-refractivity contribution in [2.24, 2.45) is 11.8 Å². The Bertz CT molecular complexity index is 1280. The van der Waals surface area contributed by atoms with E-state index in [0.29, 0.717) is 25.3 Å². The highest BCUT2D eigenvalue weighted by Gasteiger charge is 2.43. The van der Waals surface area contributed by atoms with Crippen LogP contribution in [-0.2, 0) is 19.1 Å². The quantitative estimate of drug-likeness (QED) is 0.686. The van der Waals surface area contributed by atoms with Gasteiger partial charge in [-0.05, 0) is 74.4 Å². The number of carbonyl (C=O) groups excluding carboxylic acids is 2. The van der Waals surface area contributed by atoms with Crippen molar-refractivity contribution in [3.8, 4) is 11.1 Å². The van der Waals surface area contributed by atoms with E-state index in [-0.39, 0.29) is 29.7 Å². The van der Waals surface area contributed by atoms with Crippen molar-refractivity contribution in [1.82, 2.24) is 0 Å². The van der Waals surface area contributed by atoms with Gasteiger partial charge in [0.1, 0.15) is 0 Å². The van der Waals surface area contributed by atoms with E-state index in [1.165, 1.54) is 6.26 Å². The number of hydrogen-bond donors (Lipinski definition) is 1. The second-order valence-corrected chi connectivity index (χ2v) is 14.6. The monoisotopic (exact) mass is 495 g/mol. The molecule has 2 amide bonds. The van der Waals surface area contributed by atoms with Crippen molar-refractivity contribution in [3.63, 3.8) is 0 Å². The summed E-state index contributed by atoms with van der Waals surface area (Å²) in [6, 6.07) is 13.7. The summed E-state index contributed by atoms with van der Waals surface area (Å²) in [7, 11) is -3.79. The number of carbonyl (C=O) groups is 2. The minimum atomic E-state index is -3.79. The van der Waals surface area contributed by atoms with Gasteiger partial charge >= 0.3 is 0 Å². The summed E-state index contributed by atoms with van der Waals surface area (Å²) in [5.41, 5.74) is 4.29. The van der Waals surface area contributed by atoms with Gasteiger partial charge in [-0.2, -0.15) is 4.21 Å². The Kier molecular flexibility index (Phi) is 4.96. The minimum absolute atomic E-state index is 0.0562. The molecule has 0 aromatic heterocycles. The summed E-state index contributed by atoms with van der Waals surface area (Å²) in [4.78, 5) is 30.1. The summed E-state index contributed by atoms with van der Waals surface area (Å²) in [5, 5.41) is 0. The van der Waals surface area contributed by atoms with E-state index >= 15 is 0 Å². The van der Waals surface area contributed by atoms with Gasteiger partial charge in [0.25, 0.3) is 0 Å². The highest BCUT2D eigenvalue weighted by atomic mass is 32.3. The summed E-state index contributed by atoms with van der Waals surface area (Å²) in [5.74, 6) is 0.827. The molecule has 8 heteroatoms. The van der Waals surface area contributed by atoms with Crippen molar-refractivity contribution >= 4 is 38.4 Å². The molecule has 35 heavy (non-hydrogen) atoms. The molecule has 2 aliphatic carbocycles. The molecule has 0 bridgehead atoms. The Morgan fingerprint density at radius 1 is 0.914 bits per heavy atom. The Labute approximate surface area is 206 Å². The van der Waals surface area contributed by atoms with Gasteiger partial charge in [0.05, 0.1) is 28.9 Å². The van der Waals surface area contributed by atoms with Crippen LogP contribution in [0.25, 0.3) is 11.1 Å². The topological polar surface area (TPSA) is 81.2 Å². The third kappa shape index (κ3) is 3.96. The van der Waals surface area contributed by atoms with Gasteiger partial charge in [-0.25, -0.2) is 0 Å². The fourth-order valence-corrected chi connectivity index (χ4v) is 7.80. The molecule has 2 aromatic carbocycles. The third-order valence-corrected chi connectivity index (χ3v) is 10.6. The summed E-state index contributed by atoms with van der Waals surface area (Å²) in [6.07, 6.45) is 5.92. The molecule has 1 atom stereocenters. The maximum absolute atomic E-state index is 13.2. The number of nitrogens with zero attached hydrogens (tertiary/aromatic N) is 3. The van der Waals surface area contributed by atoms with Gasteiger partial charge in [0.15, 0.2) is 0 Å². The number of fused-ring (bicyclic) bond motifs is 1. The van der Waals surface area contributed by atoms with Crippen LogP contribution in [0.5, 0.6) is 0 Å². The lowest BCUT2D eigenvalue weighted by atomic mass is 9.99. The number of hydrogen-bond acceptors (Lipinski definition) is 3. The Morgan fingerprint density at radius 2 is 1.54 bits per heavy atom. The SMILES string of the molecule is C[C@H]1CN(C(=O)C2CC2)c2cc(-c3ccc(N4CCCS4(C)(=O)O)cc3)ccc2N1C(=O)C1CC1. The fourth-order valence-electron chi connectivity index (χ4n) is 5.53. The van der Waals surface area contributed by atoms with Crippen LogP contribution in [0, 0.1) is 11.8 Å². The number of rotatable bonds is 4. The lowest BCUT2D eigenvalue weighted by molar-refractivity contribution is -0.122. The van der Waals surface area contributed by atoms with Crippen LogP contribution in [0.2, 0.25) is 0 Å². The molecule has 0 radical (unpaired) electrons. The molecule has 3 fully saturated rings. The number of anilines is 3. The van der Waals surface area contributed by atoms with E-state index in [1.807, 2.05) is 59.2 Å². The fraction of sp³-hybridized carbons (Fsp3) is 0.481. The molecule has 1 saturated heterocycles. The van der Waals surface area contributed by atoms with E-state index in [1.54, 1.807) is 4.31 Å². The van der Waals surface area contributed by atoms with Crippen LogP contribution in [0.3, 0.4) is 0 Å². The van der Waals surface area contributed by atoms with Crippen molar-refractivity contribution in [3.05, 3.63) is 42.5 Å². The number of amides is 2. The maximum Gasteiger partial charge on any atom is 0.230 e. The molecule has 2 aromatic rings. The molecule has 0 spiro atoms. The predicted octanol–water partition coefficient (Wildman–Crippen LogP) is 4.29. The lowest BCUT2D eigenvalue weighted by Gasteiger charge is -2.44. The summed E-state index contributed by atoms with van der Waals surface area (Å²) in [6.45, 7) is 3.11. The zero-order valence-electron chi connectivity index (χ0n) is 20.4. The van der Waals surface area contributed by atoms with E-state index in [4.69, 9.17) is 0 Å². The molecule has 2 heterocycles. The van der Waals surface area contributed by atoms with Crippen molar-refractivity contribution in [1.29, 1.82) is 0 Å². The standard InChI is InChI=1S/C27H33N3O4S/c1-18-17-28(26(31)20-4-5-20)25-16-22(10-13-24(25)30(18)27(32)21-6-7-21)19-8-11-23(12-9-19)29-14-3-15-35(29,2,33)34/h8-13,16,18,20-21H,3-7,14-15,17H2,1-2H3,(H,33,34)/t18-/m0/s1. The summed E-state index contributed by atoms with van der Waals surface area (Å²) >= 11 is 0. The Morgan fingerprint density at radius 3 is 2.14 bits per heavy atom. The van der Waals surface area contributed by atoms with E-state index < -0.39 is 9.53 Å². The molecule has 4 aliphatic rings. The second kappa shape index (κ2) is 7.64. The van der Waals surface area contributed by atoms with Gasteiger partial charge in [-0.1, -0.05) is 18.2 Å². The van der Waals surface area contributed by atoms with Gasteiger partial charge in [-0.3, -0.25) is 18.4 Å². The van der Waals surface area contributed by atoms with Crippen LogP contribution < -0.4 is 14.1 Å². The molecule has 186 valence electrons. The van der Waals surface area contributed by atoms with E-state index in [2.05, 4.69) is 0 Å². The maximum atomic E-state index is 13.2.